The number of Topliss-reactive ketones (excluding diaryl/α,β-unsaturated/α-hetero) is 1. The van der Waals surface area contributed by atoms with Crippen LogP contribution in [-0.2, 0) is 11.2 Å². The average molecular weight is 295 g/mol. The number of nitrogens with zero attached hydrogens (tertiary/aromatic N) is 3. The fraction of sp³-hybridized carbons (Fsp3) is 0.375. The molecule has 0 aromatic carbocycles. The number of hydrogen-bond donors (Lipinski definition) is 2. The van der Waals surface area contributed by atoms with Gasteiger partial charge in [0.15, 0.2) is 5.78 Å². The number of aromatic nitrogens is 4. The summed E-state index contributed by atoms with van der Waals surface area (Å²) in [4.78, 5) is 20.4. The molecule has 0 unspecified atom stereocenters. The SMILES string of the molecule is CC1(C)CC(=O)C2=C(N1)c1nc(-c3ccnnc3)[nH]c1CC2. The summed E-state index contributed by atoms with van der Waals surface area (Å²) in [7, 11) is 0. The minimum atomic E-state index is -0.234. The second kappa shape index (κ2) is 4.50. The number of ketones is 1. The van der Waals surface area contributed by atoms with Crippen molar-refractivity contribution >= 4 is 11.5 Å². The van der Waals surface area contributed by atoms with Crippen LogP contribution < -0.4 is 5.32 Å². The van der Waals surface area contributed by atoms with Crippen molar-refractivity contribution in [2.45, 2.75) is 38.6 Å². The van der Waals surface area contributed by atoms with Gasteiger partial charge in [-0.05, 0) is 32.8 Å². The summed E-state index contributed by atoms with van der Waals surface area (Å²) in [6.45, 7) is 4.09. The maximum Gasteiger partial charge on any atom is 0.163 e. The molecule has 0 saturated heterocycles. The van der Waals surface area contributed by atoms with Crippen LogP contribution in [0.25, 0.3) is 17.1 Å². The third-order valence-electron chi connectivity index (χ3n) is 4.20. The molecule has 0 fully saturated rings. The highest BCUT2D eigenvalue weighted by molar-refractivity contribution is 6.05. The van der Waals surface area contributed by atoms with Gasteiger partial charge in [-0.1, -0.05) is 0 Å². The number of rotatable bonds is 1. The van der Waals surface area contributed by atoms with E-state index in [2.05, 4.69) is 20.5 Å². The third kappa shape index (κ3) is 2.03. The van der Waals surface area contributed by atoms with E-state index < -0.39 is 0 Å². The molecule has 6 nitrogen and oxygen atoms in total. The number of carbonyl (C=O) groups is 1. The Hall–Kier alpha value is -2.50. The second-order valence-corrected chi connectivity index (χ2v) is 6.51. The zero-order valence-corrected chi connectivity index (χ0v) is 12.6. The van der Waals surface area contributed by atoms with Crippen LogP contribution in [-0.4, -0.2) is 31.5 Å². The van der Waals surface area contributed by atoms with E-state index in [9.17, 15) is 4.79 Å². The lowest BCUT2D eigenvalue weighted by molar-refractivity contribution is -0.117. The van der Waals surface area contributed by atoms with Gasteiger partial charge in [-0.25, -0.2) is 4.98 Å². The van der Waals surface area contributed by atoms with Crippen LogP contribution in [0.2, 0.25) is 0 Å². The number of aromatic amines is 1. The van der Waals surface area contributed by atoms with E-state index in [1.54, 1.807) is 12.4 Å². The Labute approximate surface area is 128 Å². The predicted octanol–water partition coefficient (Wildman–Crippen LogP) is 1.86. The average Bonchev–Trinajstić information content (AvgIpc) is 2.91. The minimum Gasteiger partial charge on any atom is -0.378 e. The van der Waals surface area contributed by atoms with Gasteiger partial charge in [0.1, 0.15) is 11.5 Å². The predicted molar refractivity (Wildman–Crippen MR) is 81.7 cm³/mol. The molecule has 1 aliphatic heterocycles. The summed E-state index contributed by atoms with van der Waals surface area (Å²) in [5.41, 5.74) is 4.39. The summed E-state index contributed by atoms with van der Waals surface area (Å²) in [6.07, 6.45) is 5.44. The molecule has 2 aromatic rings. The Morgan fingerprint density at radius 3 is 2.86 bits per heavy atom. The smallest absolute Gasteiger partial charge is 0.163 e. The molecule has 0 atom stereocenters. The van der Waals surface area contributed by atoms with Crippen LogP contribution in [0.5, 0.6) is 0 Å². The standard InChI is InChI=1S/C16H17N5O/c1-16(2)7-12(22)10-3-4-11-14(13(10)21-16)20-15(19-11)9-5-6-17-18-8-9/h5-6,8,21H,3-4,7H2,1-2H3,(H,19,20). The molecule has 1 aliphatic carbocycles. The van der Waals surface area contributed by atoms with Crippen molar-refractivity contribution in [3.63, 3.8) is 0 Å². The van der Waals surface area contributed by atoms with Crippen LogP contribution in [0.4, 0.5) is 0 Å². The van der Waals surface area contributed by atoms with Crippen LogP contribution in [0.1, 0.15) is 38.1 Å². The fourth-order valence-corrected chi connectivity index (χ4v) is 3.19. The molecule has 112 valence electrons. The van der Waals surface area contributed by atoms with Gasteiger partial charge >= 0.3 is 0 Å². The van der Waals surface area contributed by atoms with Crippen LogP contribution in [0, 0.1) is 0 Å². The van der Waals surface area contributed by atoms with Gasteiger partial charge in [0.05, 0.1) is 18.1 Å². The van der Waals surface area contributed by atoms with E-state index in [-0.39, 0.29) is 11.3 Å². The number of allylic oxidation sites excluding steroid dienone is 1. The number of imidazole rings is 1. The third-order valence-corrected chi connectivity index (χ3v) is 4.20. The molecule has 2 aliphatic rings. The van der Waals surface area contributed by atoms with Crippen molar-refractivity contribution in [2.75, 3.05) is 0 Å². The largest absolute Gasteiger partial charge is 0.378 e. The van der Waals surface area contributed by atoms with Crippen LogP contribution in [0.15, 0.2) is 24.0 Å². The van der Waals surface area contributed by atoms with E-state index in [1.807, 2.05) is 19.9 Å². The van der Waals surface area contributed by atoms with Crippen LogP contribution >= 0.6 is 0 Å². The van der Waals surface area contributed by atoms with Crippen molar-refractivity contribution in [2.24, 2.45) is 0 Å². The van der Waals surface area contributed by atoms with E-state index in [1.165, 1.54) is 0 Å². The molecular formula is C16H17N5O. The first kappa shape index (κ1) is 13.2. The normalized spacial score (nSPS) is 19.5. The molecule has 2 N–H and O–H groups in total. The lowest BCUT2D eigenvalue weighted by atomic mass is 9.83. The minimum absolute atomic E-state index is 0.234. The highest BCUT2D eigenvalue weighted by Crippen LogP contribution is 2.36. The Bertz CT molecular complexity index is 788. The summed E-state index contributed by atoms with van der Waals surface area (Å²) in [5, 5.41) is 11.2. The van der Waals surface area contributed by atoms with E-state index in [0.29, 0.717) is 6.42 Å². The van der Waals surface area contributed by atoms with Crippen molar-refractivity contribution in [3.05, 3.63) is 35.4 Å². The first-order chi connectivity index (χ1) is 10.5. The van der Waals surface area contributed by atoms with Gasteiger partial charge in [-0.15, -0.1) is 0 Å². The number of nitrogens with one attached hydrogen (secondary N) is 2. The Morgan fingerprint density at radius 1 is 1.23 bits per heavy atom. The topological polar surface area (TPSA) is 83.6 Å². The molecule has 0 radical (unpaired) electrons. The molecule has 4 rings (SSSR count). The number of hydrogen-bond acceptors (Lipinski definition) is 5. The maximum absolute atomic E-state index is 12.4. The second-order valence-electron chi connectivity index (χ2n) is 6.51. The van der Waals surface area contributed by atoms with Crippen LogP contribution in [0.3, 0.4) is 0 Å². The number of carbonyl (C=O) groups excluding carboxylic acids is 1. The molecule has 0 bridgehead atoms. The quantitative estimate of drug-likeness (QED) is 0.839. The monoisotopic (exact) mass is 295 g/mol. The maximum atomic E-state index is 12.4. The zero-order valence-electron chi connectivity index (χ0n) is 12.6. The molecule has 6 heteroatoms. The Kier molecular flexibility index (Phi) is 2.69. The summed E-state index contributed by atoms with van der Waals surface area (Å²) >= 11 is 0. The first-order valence-corrected chi connectivity index (χ1v) is 7.44. The molecule has 0 saturated carbocycles. The number of H-pyrrole nitrogens is 1. The van der Waals surface area contributed by atoms with E-state index in [4.69, 9.17) is 4.98 Å². The Morgan fingerprint density at radius 2 is 2.09 bits per heavy atom. The highest BCUT2D eigenvalue weighted by atomic mass is 16.1. The summed E-state index contributed by atoms with van der Waals surface area (Å²) < 4.78 is 0. The Balaban J connectivity index is 1.82. The van der Waals surface area contributed by atoms with Gasteiger partial charge in [0.25, 0.3) is 0 Å². The highest BCUT2D eigenvalue weighted by Gasteiger charge is 2.36. The zero-order chi connectivity index (χ0) is 15.3. The van der Waals surface area contributed by atoms with Gasteiger partial charge < -0.3 is 10.3 Å². The first-order valence-electron chi connectivity index (χ1n) is 7.44. The fourth-order valence-electron chi connectivity index (χ4n) is 3.19. The summed E-state index contributed by atoms with van der Waals surface area (Å²) in [6, 6.07) is 1.87. The molecule has 22 heavy (non-hydrogen) atoms. The van der Waals surface area contributed by atoms with Crippen molar-refractivity contribution in [1.29, 1.82) is 0 Å². The van der Waals surface area contributed by atoms with Crippen molar-refractivity contribution in [1.82, 2.24) is 25.5 Å². The molecule has 2 aromatic heterocycles. The van der Waals surface area contributed by atoms with E-state index >= 15 is 0 Å². The van der Waals surface area contributed by atoms with Gasteiger partial charge in [-0.3, -0.25) is 4.79 Å². The summed E-state index contributed by atoms with van der Waals surface area (Å²) in [5.74, 6) is 1.01. The lowest BCUT2D eigenvalue weighted by Crippen LogP contribution is -2.45. The van der Waals surface area contributed by atoms with Gasteiger partial charge in [0.2, 0.25) is 0 Å². The molecule has 0 amide bonds. The van der Waals surface area contributed by atoms with Crippen molar-refractivity contribution in [3.8, 4) is 11.4 Å². The molecular weight excluding hydrogens is 278 g/mol. The number of aryl methyl sites for hydroxylation is 1. The van der Waals surface area contributed by atoms with Gasteiger partial charge in [0, 0.05) is 28.8 Å². The van der Waals surface area contributed by atoms with Gasteiger partial charge in [-0.2, -0.15) is 10.2 Å². The van der Waals surface area contributed by atoms with E-state index in [0.717, 1.165) is 46.9 Å². The molecule has 0 spiro atoms. The number of fused-ring (bicyclic) bond motifs is 2. The molecule has 3 heterocycles. The van der Waals surface area contributed by atoms with Crippen molar-refractivity contribution < 1.29 is 4.79 Å². The lowest BCUT2D eigenvalue weighted by Gasteiger charge is -2.36.